The number of hydrogen-bond donors (Lipinski definition) is 2. The van der Waals surface area contributed by atoms with E-state index in [1.165, 1.54) is 28.4 Å². The van der Waals surface area contributed by atoms with Crippen LogP contribution < -0.4 is 5.69 Å². The molecule has 0 aliphatic carbocycles. The van der Waals surface area contributed by atoms with Crippen molar-refractivity contribution in [1.29, 1.82) is 0 Å². The summed E-state index contributed by atoms with van der Waals surface area (Å²) in [7, 11) is 0. The molecule has 112 valence electrons. The van der Waals surface area contributed by atoms with Gasteiger partial charge >= 0.3 is 5.69 Å². The monoisotopic (exact) mass is 322 g/mol. The predicted octanol–water partition coefficient (Wildman–Crippen LogP) is 1.81. The molecule has 2 aromatic heterocycles. The molecule has 0 amide bonds. The quantitative estimate of drug-likeness (QED) is 0.571. The van der Waals surface area contributed by atoms with E-state index < -0.39 is 17.3 Å². The number of H-pyrrole nitrogens is 1. The number of aromatic nitrogens is 4. The van der Waals surface area contributed by atoms with Crippen LogP contribution in [0.15, 0.2) is 35.3 Å². The molecule has 0 fully saturated rings. The molecule has 3 rings (SSSR count). The van der Waals surface area contributed by atoms with Crippen molar-refractivity contribution in [2.24, 2.45) is 0 Å². The van der Waals surface area contributed by atoms with Crippen LogP contribution in [0, 0.1) is 11.6 Å². The van der Waals surface area contributed by atoms with Gasteiger partial charge in [-0.2, -0.15) is 5.10 Å². The highest BCUT2D eigenvalue weighted by Gasteiger charge is 2.19. The molecule has 0 saturated carbocycles. The highest BCUT2D eigenvalue weighted by molar-refractivity contribution is 7.78. The average molecular weight is 322 g/mol. The summed E-state index contributed by atoms with van der Waals surface area (Å²) >= 11 is 4.04. The van der Waals surface area contributed by atoms with Gasteiger partial charge < -0.3 is 0 Å². The van der Waals surface area contributed by atoms with Crippen LogP contribution >= 0.6 is 12.8 Å². The van der Waals surface area contributed by atoms with Crippen LogP contribution in [0.25, 0.3) is 17.1 Å². The molecule has 2 heterocycles. The van der Waals surface area contributed by atoms with Crippen LogP contribution in [0.4, 0.5) is 8.78 Å². The summed E-state index contributed by atoms with van der Waals surface area (Å²) in [5.74, 6) is -2.23. The zero-order chi connectivity index (χ0) is 15.9. The Morgan fingerprint density at radius 2 is 2.09 bits per heavy atom. The summed E-state index contributed by atoms with van der Waals surface area (Å²) in [6.07, 6.45) is 1.99. The molecule has 0 aliphatic heterocycles. The van der Waals surface area contributed by atoms with E-state index in [2.05, 4.69) is 23.0 Å². The maximum absolute atomic E-state index is 13.9. The minimum absolute atomic E-state index is 0.0328. The van der Waals surface area contributed by atoms with Crippen molar-refractivity contribution in [1.82, 2.24) is 18.7 Å². The molecule has 1 N–H and O–H groups in total. The molecular formula is C13H8F2N4O2S. The van der Waals surface area contributed by atoms with E-state index in [1.54, 1.807) is 0 Å². The van der Waals surface area contributed by atoms with Gasteiger partial charge in [0.15, 0.2) is 23.7 Å². The van der Waals surface area contributed by atoms with Crippen LogP contribution in [0.1, 0.15) is 10.5 Å². The average Bonchev–Trinajstić information content (AvgIpc) is 3.05. The lowest BCUT2D eigenvalue weighted by Crippen LogP contribution is -2.17. The molecular weight excluding hydrogens is 314 g/mol. The van der Waals surface area contributed by atoms with E-state index in [0.717, 1.165) is 10.6 Å². The summed E-state index contributed by atoms with van der Waals surface area (Å²) < 4.78 is 29.4. The zero-order valence-electron chi connectivity index (χ0n) is 10.8. The molecule has 0 bridgehead atoms. The minimum atomic E-state index is -1.17. The van der Waals surface area contributed by atoms with Crippen LogP contribution in [0.5, 0.6) is 0 Å². The number of hydrogen-bond acceptors (Lipinski definition) is 4. The van der Waals surface area contributed by atoms with E-state index in [0.29, 0.717) is 11.8 Å². The third kappa shape index (κ3) is 2.15. The largest absolute Gasteiger partial charge is 0.348 e. The lowest BCUT2D eigenvalue weighted by Gasteiger charge is -2.06. The van der Waals surface area contributed by atoms with Crippen LogP contribution in [0.2, 0.25) is 0 Å². The van der Waals surface area contributed by atoms with E-state index in [4.69, 9.17) is 0 Å². The molecule has 3 aromatic rings. The van der Waals surface area contributed by atoms with E-state index in [9.17, 15) is 18.4 Å². The first-order chi connectivity index (χ1) is 10.5. The Morgan fingerprint density at radius 1 is 1.32 bits per heavy atom. The van der Waals surface area contributed by atoms with Crippen molar-refractivity contribution >= 4 is 19.1 Å². The second-order valence-corrected chi connectivity index (χ2v) is 4.81. The number of nitrogens with zero attached hydrogens (tertiary/aromatic N) is 3. The zero-order valence-corrected chi connectivity index (χ0v) is 11.7. The number of carbonyl (C=O) groups is 1. The molecule has 1 aromatic carbocycles. The van der Waals surface area contributed by atoms with Gasteiger partial charge in [-0.15, -0.1) is 0 Å². The molecule has 0 radical (unpaired) electrons. The van der Waals surface area contributed by atoms with E-state index in [-0.39, 0.29) is 17.2 Å². The molecule has 9 heteroatoms. The van der Waals surface area contributed by atoms with Crippen LogP contribution in [0.3, 0.4) is 0 Å². The molecule has 0 atom stereocenters. The van der Waals surface area contributed by atoms with Gasteiger partial charge in [0.05, 0.1) is 11.4 Å². The summed E-state index contributed by atoms with van der Waals surface area (Å²) in [4.78, 5) is 22.8. The van der Waals surface area contributed by atoms with Gasteiger partial charge in [-0.1, -0.05) is 18.9 Å². The Kier molecular flexibility index (Phi) is 3.41. The first-order valence-electron chi connectivity index (χ1n) is 6.02. The second kappa shape index (κ2) is 5.26. The minimum Gasteiger partial charge on any atom is -0.296 e. The van der Waals surface area contributed by atoms with Gasteiger partial charge in [-0.3, -0.25) is 8.77 Å². The number of nitrogens with one attached hydrogen (secondary N) is 1. The van der Waals surface area contributed by atoms with Crippen molar-refractivity contribution in [3.8, 4) is 17.1 Å². The molecule has 0 spiro atoms. The number of halogens is 2. The second-order valence-electron chi connectivity index (χ2n) is 4.38. The van der Waals surface area contributed by atoms with Crippen molar-refractivity contribution in [2.45, 2.75) is 0 Å². The van der Waals surface area contributed by atoms with Gasteiger partial charge in [0.1, 0.15) is 0 Å². The van der Waals surface area contributed by atoms with E-state index in [1.807, 2.05) is 0 Å². The standard InChI is InChI=1S/C13H8F2N4O2S/c14-9-2-1-3-10(11(9)15)19-12(16-17-13(19)21)7-4-8(6-20)18(22)5-7/h1-6,22H,(H,17,21). The van der Waals surface area contributed by atoms with Crippen molar-refractivity contribution in [2.75, 3.05) is 0 Å². The Labute approximate surface area is 127 Å². The van der Waals surface area contributed by atoms with Gasteiger partial charge in [0.2, 0.25) is 0 Å². The fourth-order valence-corrected chi connectivity index (χ4v) is 2.29. The van der Waals surface area contributed by atoms with Crippen molar-refractivity contribution in [3.63, 3.8) is 0 Å². The number of aldehydes is 1. The highest BCUT2D eigenvalue weighted by atomic mass is 32.1. The van der Waals surface area contributed by atoms with Gasteiger partial charge in [-0.25, -0.2) is 23.2 Å². The number of thiol groups is 1. The molecule has 0 aliphatic rings. The number of rotatable bonds is 3. The third-order valence-electron chi connectivity index (χ3n) is 3.05. The molecule has 0 unspecified atom stereocenters. The molecule has 22 heavy (non-hydrogen) atoms. The summed E-state index contributed by atoms with van der Waals surface area (Å²) in [5, 5.41) is 5.97. The first-order valence-corrected chi connectivity index (χ1v) is 6.42. The first kappa shape index (κ1) is 14.3. The molecule has 0 saturated heterocycles. The van der Waals surface area contributed by atoms with Gasteiger partial charge in [0, 0.05) is 11.8 Å². The molecule has 6 nitrogen and oxygen atoms in total. The lowest BCUT2D eigenvalue weighted by atomic mass is 10.2. The third-order valence-corrected chi connectivity index (χ3v) is 3.40. The van der Waals surface area contributed by atoms with Crippen molar-refractivity contribution < 1.29 is 13.6 Å². The Balaban J connectivity index is 2.26. The maximum Gasteiger partial charge on any atom is 0.348 e. The maximum atomic E-state index is 13.9. The topological polar surface area (TPSA) is 72.7 Å². The van der Waals surface area contributed by atoms with Gasteiger partial charge in [-0.05, 0) is 18.2 Å². The smallest absolute Gasteiger partial charge is 0.296 e. The van der Waals surface area contributed by atoms with Crippen LogP contribution in [-0.2, 0) is 0 Å². The van der Waals surface area contributed by atoms with Gasteiger partial charge in [0.25, 0.3) is 0 Å². The van der Waals surface area contributed by atoms with Crippen molar-refractivity contribution in [3.05, 3.63) is 58.3 Å². The fourth-order valence-electron chi connectivity index (χ4n) is 2.06. The highest BCUT2D eigenvalue weighted by Crippen LogP contribution is 2.23. The Bertz CT molecular complexity index is 929. The van der Waals surface area contributed by atoms with E-state index >= 15 is 0 Å². The van der Waals surface area contributed by atoms with Crippen LogP contribution in [-0.4, -0.2) is 25.0 Å². The summed E-state index contributed by atoms with van der Waals surface area (Å²) in [6, 6.07) is 4.89. The normalized spacial score (nSPS) is 10.9. The summed E-state index contributed by atoms with van der Waals surface area (Å²) in [6.45, 7) is 0. The Morgan fingerprint density at radius 3 is 2.77 bits per heavy atom. The fraction of sp³-hybridized carbons (Fsp3) is 0. The number of carbonyl (C=O) groups excluding carboxylic acids is 1. The predicted molar refractivity (Wildman–Crippen MR) is 77.3 cm³/mol. The number of benzene rings is 1. The Hall–Kier alpha value is -2.68. The SMILES string of the molecule is O=Cc1cc(-c2n[nH]c(=O)n2-c2cccc(F)c2F)cn1S. The lowest BCUT2D eigenvalue weighted by molar-refractivity contribution is 0.111. The number of aromatic amines is 1. The summed E-state index contributed by atoms with van der Waals surface area (Å²) in [5.41, 5.74) is -0.452.